The number of phenolic OH excluding ortho intramolecular Hbond substituents is 1. The third-order valence-electron chi connectivity index (χ3n) is 7.10. The SMILES string of the molecule is Oc1ccc2c(c1)[C@H](c1ccc(CCCN3CCCCC3)cc1)[C@H](c1ccccc1)CO2. The first-order valence-corrected chi connectivity index (χ1v) is 12.1. The van der Waals surface area contributed by atoms with Gasteiger partial charge in [-0.2, -0.15) is 0 Å². The molecule has 2 heterocycles. The Kier molecular flexibility index (Phi) is 6.45. The van der Waals surface area contributed by atoms with Crippen LogP contribution in [0.2, 0.25) is 0 Å². The molecule has 0 bridgehead atoms. The second-order valence-corrected chi connectivity index (χ2v) is 9.28. The van der Waals surface area contributed by atoms with E-state index in [-0.39, 0.29) is 11.8 Å². The van der Waals surface area contributed by atoms with Gasteiger partial charge in [-0.15, -0.1) is 0 Å². The predicted octanol–water partition coefficient (Wildman–Crippen LogP) is 6.12. The van der Waals surface area contributed by atoms with Crippen LogP contribution in [0.3, 0.4) is 0 Å². The maximum Gasteiger partial charge on any atom is 0.123 e. The monoisotopic (exact) mass is 427 g/mol. The molecule has 2 aliphatic rings. The summed E-state index contributed by atoms with van der Waals surface area (Å²) in [5.74, 6) is 1.55. The molecule has 0 aromatic heterocycles. The molecule has 1 fully saturated rings. The predicted molar refractivity (Wildman–Crippen MR) is 130 cm³/mol. The number of aromatic hydroxyl groups is 1. The molecule has 0 aliphatic carbocycles. The summed E-state index contributed by atoms with van der Waals surface area (Å²) in [5.41, 5.74) is 5.04. The summed E-state index contributed by atoms with van der Waals surface area (Å²) >= 11 is 0. The van der Waals surface area contributed by atoms with Gasteiger partial charge in [0.05, 0.1) is 6.61 Å². The van der Waals surface area contributed by atoms with Gasteiger partial charge in [0.1, 0.15) is 11.5 Å². The fourth-order valence-electron chi connectivity index (χ4n) is 5.39. The Morgan fingerprint density at radius 2 is 1.62 bits per heavy atom. The topological polar surface area (TPSA) is 32.7 Å². The van der Waals surface area contributed by atoms with E-state index in [1.807, 2.05) is 12.1 Å². The van der Waals surface area contributed by atoms with Gasteiger partial charge >= 0.3 is 0 Å². The van der Waals surface area contributed by atoms with Crippen molar-refractivity contribution in [3.05, 3.63) is 95.1 Å². The molecule has 0 saturated carbocycles. The number of rotatable bonds is 6. The number of fused-ring (bicyclic) bond motifs is 1. The van der Waals surface area contributed by atoms with Crippen molar-refractivity contribution in [3.63, 3.8) is 0 Å². The van der Waals surface area contributed by atoms with Crippen LogP contribution in [-0.2, 0) is 6.42 Å². The maximum atomic E-state index is 10.2. The fraction of sp³-hybridized carbons (Fsp3) is 0.379. The summed E-state index contributed by atoms with van der Waals surface area (Å²) < 4.78 is 6.12. The highest BCUT2D eigenvalue weighted by Crippen LogP contribution is 2.46. The van der Waals surface area contributed by atoms with Gasteiger partial charge in [-0.3, -0.25) is 0 Å². The van der Waals surface area contributed by atoms with E-state index < -0.39 is 0 Å². The van der Waals surface area contributed by atoms with E-state index >= 15 is 0 Å². The first-order valence-electron chi connectivity index (χ1n) is 12.1. The van der Waals surface area contributed by atoms with E-state index in [1.54, 1.807) is 6.07 Å². The van der Waals surface area contributed by atoms with Gasteiger partial charge in [0.2, 0.25) is 0 Å². The quantitative estimate of drug-likeness (QED) is 0.514. The molecule has 3 aromatic rings. The van der Waals surface area contributed by atoms with Crippen molar-refractivity contribution in [2.24, 2.45) is 0 Å². The largest absolute Gasteiger partial charge is 0.508 e. The van der Waals surface area contributed by atoms with E-state index in [2.05, 4.69) is 59.5 Å². The van der Waals surface area contributed by atoms with Gasteiger partial charge in [-0.25, -0.2) is 0 Å². The van der Waals surface area contributed by atoms with Gasteiger partial charge in [-0.05, 0) is 80.2 Å². The lowest BCUT2D eigenvalue weighted by atomic mass is 9.75. The molecule has 0 radical (unpaired) electrons. The molecule has 1 saturated heterocycles. The lowest BCUT2D eigenvalue weighted by Crippen LogP contribution is -2.30. The number of ether oxygens (including phenoxy) is 1. The van der Waals surface area contributed by atoms with E-state index in [9.17, 15) is 5.11 Å². The molecule has 0 unspecified atom stereocenters. The summed E-state index contributed by atoms with van der Waals surface area (Å²) in [7, 11) is 0. The summed E-state index contributed by atoms with van der Waals surface area (Å²) in [4.78, 5) is 2.62. The van der Waals surface area contributed by atoms with E-state index in [4.69, 9.17) is 4.74 Å². The van der Waals surface area contributed by atoms with Crippen LogP contribution in [0, 0.1) is 0 Å². The Labute approximate surface area is 191 Å². The molecule has 3 nitrogen and oxygen atoms in total. The lowest BCUT2D eigenvalue weighted by Gasteiger charge is -2.34. The fourth-order valence-corrected chi connectivity index (χ4v) is 5.39. The highest BCUT2D eigenvalue weighted by atomic mass is 16.5. The zero-order valence-corrected chi connectivity index (χ0v) is 18.7. The molecular formula is C29H33NO2. The van der Waals surface area contributed by atoms with Crippen molar-refractivity contribution in [2.45, 2.75) is 43.9 Å². The first-order chi connectivity index (χ1) is 15.8. The number of aryl methyl sites for hydroxylation is 1. The van der Waals surface area contributed by atoms with Gasteiger partial charge < -0.3 is 14.7 Å². The Morgan fingerprint density at radius 1 is 0.844 bits per heavy atom. The number of hydrogen-bond donors (Lipinski definition) is 1. The second kappa shape index (κ2) is 9.79. The zero-order valence-electron chi connectivity index (χ0n) is 18.7. The molecular weight excluding hydrogens is 394 g/mol. The smallest absolute Gasteiger partial charge is 0.123 e. The van der Waals surface area contributed by atoms with Crippen LogP contribution >= 0.6 is 0 Å². The molecule has 0 amide bonds. The Hall–Kier alpha value is -2.78. The molecule has 2 aliphatic heterocycles. The van der Waals surface area contributed by atoms with Crippen LogP contribution in [0.15, 0.2) is 72.8 Å². The highest BCUT2D eigenvalue weighted by molar-refractivity contribution is 5.50. The number of benzene rings is 3. The zero-order chi connectivity index (χ0) is 21.8. The molecule has 2 atom stereocenters. The van der Waals surface area contributed by atoms with Gasteiger partial charge in [0, 0.05) is 17.4 Å². The number of piperidine rings is 1. The van der Waals surface area contributed by atoms with Crippen molar-refractivity contribution in [2.75, 3.05) is 26.2 Å². The first kappa shape index (κ1) is 21.1. The average molecular weight is 428 g/mol. The molecule has 3 heteroatoms. The molecule has 5 rings (SSSR count). The minimum Gasteiger partial charge on any atom is -0.508 e. The number of phenols is 1. The minimum atomic E-state index is 0.163. The molecule has 1 N–H and O–H groups in total. The van der Waals surface area contributed by atoms with Crippen molar-refractivity contribution in [1.82, 2.24) is 4.90 Å². The highest BCUT2D eigenvalue weighted by Gasteiger charge is 2.33. The molecule has 0 spiro atoms. The summed E-state index contributed by atoms with van der Waals surface area (Å²) in [6, 6.07) is 25.3. The van der Waals surface area contributed by atoms with Crippen LogP contribution in [0.1, 0.15) is 59.8 Å². The lowest BCUT2D eigenvalue weighted by molar-refractivity contribution is 0.226. The molecule has 32 heavy (non-hydrogen) atoms. The molecule has 3 aromatic carbocycles. The van der Waals surface area contributed by atoms with Crippen LogP contribution in [0.5, 0.6) is 11.5 Å². The van der Waals surface area contributed by atoms with E-state index in [0.29, 0.717) is 12.4 Å². The third-order valence-corrected chi connectivity index (χ3v) is 7.10. The van der Waals surface area contributed by atoms with Crippen molar-refractivity contribution in [3.8, 4) is 11.5 Å². The standard InChI is InChI=1S/C29H33NO2/c31-25-15-16-28-26(20-25)29(27(21-32-28)23-9-3-1-4-10-23)24-13-11-22(12-14-24)8-7-19-30-17-5-2-6-18-30/h1,3-4,9-16,20,27,29,31H,2,5-8,17-19,21H2/t27-,29-/m0/s1. The van der Waals surface area contributed by atoms with Crippen LogP contribution in [0.4, 0.5) is 0 Å². The average Bonchev–Trinajstić information content (AvgIpc) is 2.85. The number of nitrogens with zero attached hydrogens (tertiary/aromatic N) is 1. The van der Waals surface area contributed by atoms with Crippen molar-refractivity contribution < 1.29 is 9.84 Å². The summed E-state index contributed by atoms with van der Waals surface area (Å²) in [5, 5.41) is 10.2. The Morgan fingerprint density at radius 3 is 2.41 bits per heavy atom. The van der Waals surface area contributed by atoms with Gasteiger partial charge in [-0.1, -0.05) is 61.0 Å². The number of likely N-dealkylation sites (tertiary alicyclic amines) is 1. The van der Waals surface area contributed by atoms with Crippen LogP contribution in [0.25, 0.3) is 0 Å². The Bertz CT molecular complexity index is 1010. The summed E-state index contributed by atoms with van der Waals surface area (Å²) in [6.45, 7) is 4.40. The number of hydrogen-bond acceptors (Lipinski definition) is 3. The second-order valence-electron chi connectivity index (χ2n) is 9.28. The van der Waals surface area contributed by atoms with Crippen molar-refractivity contribution >= 4 is 0 Å². The maximum absolute atomic E-state index is 10.2. The van der Waals surface area contributed by atoms with E-state index in [0.717, 1.165) is 17.7 Å². The van der Waals surface area contributed by atoms with Crippen molar-refractivity contribution in [1.29, 1.82) is 0 Å². The normalized spacial score (nSPS) is 21.0. The molecule has 166 valence electrons. The van der Waals surface area contributed by atoms with Crippen LogP contribution in [-0.4, -0.2) is 36.2 Å². The van der Waals surface area contributed by atoms with Gasteiger partial charge in [0.15, 0.2) is 0 Å². The Balaban J connectivity index is 1.36. The summed E-state index contributed by atoms with van der Waals surface area (Å²) in [6.07, 6.45) is 6.47. The van der Waals surface area contributed by atoms with Gasteiger partial charge in [0.25, 0.3) is 0 Å². The third kappa shape index (κ3) is 4.68. The minimum absolute atomic E-state index is 0.163. The van der Waals surface area contributed by atoms with Crippen LogP contribution < -0.4 is 4.74 Å². The van der Waals surface area contributed by atoms with E-state index in [1.165, 1.54) is 62.0 Å².